The lowest BCUT2D eigenvalue weighted by molar-refractivity contribution is 0.00104. The molecule has 0 aliphatic carbocycles. The molecule has 1 aliphatic rings. The summed E-state index contributed by atoms with van der Waals surface area (Å²) in [5, 5.41) is 13.8. The highest BCUT2D eigenvalue weighted by atomic mass is 19.1. The highest BCUT2D eigenvalue weighted by Crippen LogP contribution is 2.27. The molecule has 1 fully saturated rings. The Morgan fingerprint density at radius 3 is 3.05 bits per heavy atom. The predicted molar refractivity (Wildman–Crippen MR) is 81.2 cm³/mol. The van der Waals surface area contributed by atoms with Crippen LogP contribution in [0.15, 0.2) is 30.6 Å². The van der Waals surface area contributed by atoms with E-state index in [4.69, 9.17) is 4.74 Å². The van der Waals surface area contributed by atoms with Crippen LogP contribution in [0.3, 0.4) is 0 Å². The number of methoxy groups -OCH3 is 1. The van der Waals surface area contributed by atoms with Gasteiger partial charge in [-0.3, -0.25) is 0 Å². The number of piperidine rings is 1. The van der Waals surface area contributed by atoms with Crippen LogP contribution < -0.4 is 10.1 Å². The Morgan fingerprint density at radius 1 is 1.50 bits per heavy atom. The van der Waals surface area contributed by atoms with E-state index in [-0.39, 0.29) is 5.82 Å². The molecule has 1 aromatic carbocycles. The fourth-order valence-electron chi connectivity index (χ4n) is 2.89. The van der Waals surface area contributed by atoms with E-state index >= 15 is 0 Å². The summed E-state index contributed by atoms with van der Waals surface area (Å²) in [5.41, 5.74) is -0.422. The molecule has 6 heteroatoms. The van der Waals surface area contributed by atoms with Gasteiger partial charge < -0.3 is 19.7 Å². The molecule has 3 rings (SSSR count). The van der Waals surface area contributed by atoms with E-state index in [0.29, 0.717) is 30.2 Å². The van der Waals surface area contributed by atoms with Gasteiger partial charge in [-0.15, -0.1) is 0 Å². The minimum atomic E-state index is -0.823. The van der Waals surface area contributed by atoms with E-state index in [9.17, 15) is 9.50 Å². The molecule has 1 aliphatic heterocycles. The molecule has 1 aromatic heterocycles. The van der Waals surface area contributed by atoms with E-state index in [1.807, 2.05) is 0 Å². The van der Waals surface area contributed by atoms with E-state index < -0.39 is 5.60 Å². The second-order valence-electron chi connectivity index (χ2n) is 5.73. The fourth-order valence-corrected chi connectivity index (χ4v) is 2.89. The zero-order chi connectivity index (χ0) is 15.6. The SMILES string of the molecule is COc1ccc(-c2nccn2CC2(O)CCCNC2)c(F)c1. The molecule has 0 saturated carbocycles. The summed E-state index contributed by atoms with van der Waals surface area (Å²) in [6.07, 6.45) is 5.05. The van der Waals surface area contributed by atoms with Crippen molar-refractivity contribution in [2.24, 2.45) is 0 Å². The number of nitrogens with one attached hydrogen (secondary N) is 1. The van der Waals surface area contributed by atoms with Gasteiger partial charge in [-0.2, -0.15) is 0 Å². The molecule has 2 heterocycles. The molecule has 1 saturated heterocycles. The maximum absolute atomic E-state index is 14.2. The summed E-state index contributed by atoms with van der Waals surface area (Å²) < 4.78 is 21.1. The van der Waals surface area contributed by atoms with E-state index in [2.05, 4.69) is 10.3 Å². The van der Waals surface area contributed by atoms with Gasteiger partial charge >= 0.3 is 0 Å². The number of halogens is 1. The number of benzene rings is 1. The van der Waals surface area contributed by atoms with Crippen LogP contribution in [0.1, 0.15) is 12.8 Å². The second kappa shape index (κ2) is 6.06. The lowest BCUT2D eigenvalue weighted by atomic mass is 9.94. The Bertz CT molecular complexity index is 651. The minimum absolute atomic E-state index is 0.388. The number of imidazole rings is 1. The standard InChI is InChI=1S/C16H20FN3O2/c1-22-12-3-4-13(14(17)9-12)15-19-7-8-20(15)11-16(21)5-2-6-18-10-16/h3-4,7-9,18,21H,2,5-6,10-11H2,1H3. The lowest BCUT2D eigenvalue weighted by Gasteiger charge is -2.33. The van der Waals surface area contributed by atoms with Crippen LogP contribution in [0, 0.1) is 5.82 Å². The van der Waals surface area contributed by atoms with Gasteiger partial charge in [0.15, 0.2) is 0 Å². The van der Waals surface area contributed by atoms with Crippen molar-refractivity contribution >= 4 is 0 Å². The molecule has 0 amide bonds. The zero-order valence-corrected chi connectivity index (χ0v) is 12.6. The Hall–Kier alpha value is -1.92. The molecular weight excluding hydrogens is 285 g/mol. The van der Waals surface area contributed by atoms with Gasteiger partial charge in [-0.25, -0.2) is 9.37 Å². The molecule has 1 unspecified atom stereocenters. The van der Waals surface area contributed by atoms with Crippen LogP contribution >= 0.6 is 0 Å². The van der Waals surface area contributed by atoms with Crippen molar-refractivity contribution in [1.82, 2.24) is 14.9 Å². The number of hydrogen-bond acceptors (Lipinski definition) is 4. The molecule has 5 nitrogen and oxygen atoms in total. The summed E-state index contributed by atoms with van der Waals surface area (Å²) in [7, 11) is 1.50. The number of aromatic nitrogens is 2. The predicted octanol–water partition coefficient (Wildman–Crippen LogP) is 1.81. The first kappa shape index (κ1) is 15.0. The van der Waals surface area contributed by atoms with Gasteiger partial charge in [-0.1, -0.05) is 0 Å². The van der Waals surface area contributed by atoms with Crippen LogP contribution in [0.2, 0.25) is 0 Å². The van der Waals surface area contributed by atoms with E-state index in [0.717, 1.165) is 19.4 Å². The quantitative estimate of drug-likeness (QED) is 0.904. The third-order valence-corrected chi connectivity index (χ3v) is 4.05. The molecule has 2 N–H and O–H groups in total. The molecule has 2 aromatic rings. The van der Waals surface area contributed by atoms with Crippen molar-refractivity contribution in [3.8, 4) is 17.1 Å². The normalized spacial score (nSPS) is 21.8. The Balaban J connectivity index is 1.89. The average molecular weight is 305 g/mol. The first-order valence-corrected chi connectivity index (χ1v) is 7.39. The Morgan fingerprint density at radius 2 is 2.36 bits per heavy atom. The number of nitrogens with zero attached hydrogens (tertiary/aromatic N) is 2. The van der Waals surface area contributed by atoms with Gasteiger partial charge in [0.05, 0.1) is 24.8 Å². The molecule has 0 spiro atoms. The maximum atomic E-state index is 14.2. The van der Waals surface area contributed by atoms with E-state index in [1.165, 1.54) is 13.2 Å². The monoisotopic (exact) mass is 305 g/mol. The van der Waals surface area contributed by atoms with Crippen molar-refractivity contribution < 1.29 is 14.2 Å². The highest BCUT2D eigenvalue weighted by Gasteiger charge is 2.30. The van der Waals surface area contributed by atoms with Crippen molar-refractivity contribution in [2.45, 2.75) is 25.0 Å². The summed E-state index contributed by atoms with van der Waals surface area (Å²) >= 11 is 0. The molecular formula is C16H20FN3O2. The summed E-state index contributed by atoms with van der Waals surface area (Å²) in [4.78, 5) is 4.25. The molecule has 0 bridgehead atoms. The first-order chi connectivity index (χ1) is 10.6. The number of ether oxygens (including phenoxy) is 1. The van der Waals surface area contributed by atoms with Gasteiger partial charge in [0.25, 0.3) is 0 Å². The largest absolute Gasteiger partial charge is 0.497 e. The summed E-state index contributed by atoms with van der Waals surface area (Å²) in [5.74, 6) is 0.592. The lowest BCUT2D eigenvalue weighted by Crippen LogP contribution is -2.48. The van der Waals surface area contributed by atoms with Gasteiger partial charge in [0, 0.05) is 25.0 Å². The molecule has 118 valence electrons. The Labute approximate surface area is 128 Å². The number of β-amino-alcohol motifs (C(OH)–C–C–N with tert-alkyl or cyclic N) is 1. The minimum Gasteiger partial charge on any atom is -0.497 e. The fraction of sp³-hybridized carbons (Fsp3) is 0.438. The van der Waals surface area contributed by atoms with Gasteiger partial charge in [0.2, 0.25) is 0 Å². The van der Waals surface area contributed by atoms with Crippen molar-refractivity contribution in [3.63, 3.8) is 0 Å². The van der Waals surface area contributed by atoms with Crippen molar-refractivity contribution in [1.29, 1.82) is 0 Å². The summed E-state index contributed by atoms with van der Waals surface area (Å²) in [6.45, 7) is 1.85. The van der Waals surface area contributed by atoms with Crippen LogP contribution in [0.25, 0.3) is 11.4 Å². The van der Waals surface area contributed by atoms with E-state index in [1.54, 1.807) is 29.1 Å². The Kier molecular flexibility index (Phi) is 4.13. The third-order valence-electron chi connectivity index (χ3n) is 4.05. The molecule has 0 radical (unpaired) electrons. The number of rotatable bonds is 4. The van der Waals surface area contributed by atoms with Crippen LogP contribution in [0.5, 0.6) is 5.75 Å². The number of aliphatic hydroxyl groups is 1. The third kappa shape index (κ3) is 2.98. The average Bonchev–Trinajstić information content (AvgIpc) is 2.95. The molecule has 1 atom stereocenters. The number of hydrogen-bond donors (Lipinski definition) is 2. The first-order valence-electron chi connectivity index (χ1n) is 7.39. The van der Waals surface area contributed by atoms with Crippen LogP contribution in [-0.4, -0.2) is 40.5 Å². The van der Waals surface area contributed by atoms with Crippen LogP contribution in [0.4, 0.5) is 4.39 Å². The topological polar surface area (TPSA) is 59.3 Å². The van der Waals surface area contributed by atoms with Gasteiger partial charge in [-0.05, 0) is 31.5 Å². The second-order valence-corrected chi connectivity index (χ2v) is 5.73. The van der Waals surface area contributed by atoms with Crippen molar-refractivity contribution in [2.75, 3.05) is 20.2 Å². The zero-order valence-electron chi connectivity index (χ0n) is 12.6. The van der Waals surface area contributed by atoms with Crippen LogP contribution in [-0.2, 0) is 6.54 Å². The summed E-state index contributed by atoms with van der Waals surface area (Å²) in [6, 6.07) is 4.69. The molecule has 22 heavy (non-hydrogen) atoms. The smallest absolute Gasteiger partial charge is 0.142 e. The van der Waals surface area contributed by atoms with Crippen molar-refractivity contribution in [3.05, 3.63) is 36.4 Å². The van der Waals surface area contributed by atoms with Gasteiger partial charge in [0.1, 0.15) is 17.4 Å². The maximum Gasteiger partial charge on any atom is 0.142 e. The highest BCUT2D eigenvalue weighted by molar-refractivity contribution is 5.58.